The van der Waals surface area contributed by atoms with Crippen LogP contribution in [0.2, 0.25) is 5.02 Å². The zero-order valence-corrected chi connectivity index (χ0v) is 14.4. The third-order valence-corrected chi connectivity index (χ3v) is 4.43. The van der Waals surface area contributed by atoms with Crippen molar-refractivity contribution in [2.24, 2.45) is 0 Å². The van der Waals surface area contributed by atoms with E-state index in [1.165, 1.54) is 0 Å². The first kappa shape index (κ1) is 16.7. The molecule has 0 unspecified atom stereocenters. The number of halogens is 1. The number of aromatic nitrogens is 2. The van der Waals surface area contributed by atoms with Gasteiger partial charge in [-0.2, -0.15) is 0 Å². The van der Waals surface area contributed by atoms with E-state index in [1.807, 2.05) is 19.9 Å². The number of carbonyl (C=O) groups excluding carboxylic acids is 1. The molecule has 0 saturated carbocycles. The van der Waals surface area contributed by atoms with E-state index in [2.05, 4.69) is 20.2 Å². The number of carbonyl (C=O) groups is 1. The van der Waals surface area contributed by atoms with Gasteiger partial charge in [0.2, 0.25) is 5.95 Å². The molecule has 0 atom stereocenters. The number of benzene rings is 1. The molecule has 1 aromatic carbocycles. The van der Waals surface area contributed by atoms with Crippen molar-refractivity contribution in [2.45, 2.75) is 13.8 Å². The van der Waals surface area contributed by atoms with Crippen LogP contribution in [0.3, 0.4) is 0 Å². The van der Waals surface area contributed by atoms with Crippen LogP contribution in [-0.2, 0) is 4.74 Å². The zero-order chi connectivity index (χ0) is 17.1. The highest BCUT2D eigenvalue weighted by molar-refractivity contribution is 6.31. The van der Waals surface area contributed by atoms with Crippen LogP contribution in [0.1, 0.15) is 21.6 Å². The summed E-state index contributed by atoms with van der Waals surface area (Å²) in [6.07, 6.45) is 1.57. The van der Waals surface area contributed by atoms with Crippen LogP contribution in [0.4, 0.5) is 11.6 Å². The maximum absolute atomic E-state index is 12.5. The summed E-state index contributed by atoms with van der Waals surface area (Å²) < 4.78 is 5.33. The van der Waals surface area contributed by atoms with Gasteiger partial charge < -0.3 is 15.0 Å². The van der Waals surface area contributed by atoms with Gasteiger partial charge in [-0.3, -0.25) is 4.79 Å². The first-order valence-electron chi connectivity index (χ1n) is 7.79. The van der Waals surface area contributed by atoms with Gasteiger partial charge in [0.05, 0.1) is 24.5 Å². The van der Waals surface area contributed by atoms with E-state index in [9.17, 15) is 4.79 Å². The highest BCUT2D eigenvalue weighted by atomic mass is 35.5. The minimum absolute atomic E-state index is 0.244. The number of hydrogen-bond donors (Lipinski definition) is 1. The molecule has 2 heterocycles. The molecule has 0 spiro atoms. The van der Waals surface area contributed by atoms with E-state index in [4.69, 9.17) is 16.3 Å². The van der Waals surface area contributed by atoms with Gasteiger partial charge in [-0.15, -0.1) is 0 Å². The van der Waals surface area contributed by atoms with Crippen molar-refractivity contribution in [3.8, 4) is 0 Å². The molecule has 24 heavy (non-hydrogen) atoms. The van der Waals surface area contributed by atoms with Crippen molar-refractivity contribution in [3.05, 3.63) is 46.2 Å². The largest absolute Gasteiger partial charge is 0.378 e. The average Bonchev–Trinajstić information content (AvgIpc) is 2.59. The number of aryl methyl sites for hydroxylation is 1. The highest BCUT2D eigenvalue weighted by Gasteiger charge is 2.18. The topological polar surface area (TPSA) is 67.3 Å². The van der Waals surface area contributed by atoms with Gasteiger partial charge in [0.15, 0.2) is 0 Å². The molecule has 1 N–H and O–H groups in total. The van der Waals surface area contributed by atoms with Crippen LogP contribution < -0.4 is 10.2 Å². The lowest BCUT2D eigenvalue weighted by Crippen LogP contribution is -2.37. The quantitative estimate of drug-likeness (QED) is 0.925. The second-order valence-corrected chi connectivity index (χ2v) is 6.04. The Hall–Kier alpha value is -2.18. The van der Waals surface area contributed by atoms with Crippen molar-refractivity contribution in [2.75, 3.05) is 36.5 Å². The summed E-state index contributed by atoms with van der Waals surface area (Å²) in [5, 5.41) is 3.48. The second kappa shape index (κ2) is 7.15. The molecule has 1 amide bonds. The van der Waals surface area contributed by atoms with Crippen molar-refractivity contribution in [1.82, 2.24) is 9.97 Å². The van der Waals surface area contributed by atoms with Gasteiger partial charge in [0.25, 0.3) is 5.91 Å². The summed E-state index contributed by atoms with van der Waals surface area (Å²) in [6, 6.07) is 5.41. The first-order chi connectivity index (χ1) is 11.6. The molecular weight excluding hydrogens is 328 g/mol. The molecule has 3 rings (SSSR count). The number of nitrogens with one attached hydrogen (secondary N) is 1. The molecule has 6 nitrogen and oxygen atoms in total. The fraction of sp³-hybridized carbons (Fsp3) is 0.353. The number of nitrogens with zero attached hydrogens (tertiary/aromatic N) is 3. The van der Waals surface area contributed by atoms with Gasteiger partial charge >= 0.3 is 0 Å². The lowest BCUT2D eigenvalue weighted by Gasteiger charge is -2.27. The van der Waals surface area contributed by atoms with Crippen molar-refractivity contribution in [1.29, 1.82) is 0 Å². The molecular formula is C17H19ClN4O2. The van der Waals surface area contributed by atoms with E-state index in [1.54, 1.807) is 18.3 Å². The normalized spacial score (nSPS) is 14.5. The third kappa shape index (κ3) is 3.49. The molecule has 0 bridgehead atoms. The number of hydrogen-bond acceptors (Lipinski definition) is 5. The Morgan fingerprint density at radius 3 is 2.75 bits per heavy atom. The van der Waals surface area contributed by atoms with Crippen molar-refractivity contribution < 1.29 is 9.53 Å². The van der Waals surface area contributed by atoms with Gasteiger partial charge in [-0.05, 0) is 31.5 Å². The number of amides is 1. The lowest BCUT2D eigenvalue weighted by atomic mass is 10.1. The van der Waals surface area contributed by atoms with E-state index >= 15 is 0 Å². The first-order valence-corrected chi connectivity index (χ1v) is 8.17. The summed E-state index contributed by atoms with van der Waals surface area (Å²) in [5.41, 5.74) is 2.61. The second-order valence-electron chi connectivity index (χ2n) is 5.64. The summed E-state index contributed by atoms with van der Waals surface area (Å²) in [7, 11) is 0. The summed E-state index contributed by atoms with van der Waals surface area (Å²) in [4.78, 5) is 23.4. The van der Waals surface area contributed by atoms with Gasteiger partial charge in [0, 0.05) is 30.0 Å². The summed E-state index contributed by atoms with van der Waals surface area (Å²) in [6.45, 7) is 6.52. The predicted octanol–water partition coefficient (Wildman–Crippen LogP) is 2.84. The minimum atomic E-state index is -0.244. The Balaban J connectivity index is 1.78. The number of rotatable bonds is 3. The standard InChI is InChI=1S/C17H19ClN4O2/c1-11-14(18)4-3-5-15(11)21-16(23)13-10-19-17(20-12(13)2)22-6-8-24-9-7-22/h3-5,10H,6-9H2,1-2H3,(H,21,23). The molecule has 0 radical (unpaired) electrons. The molecule has 0 aliphatic carbocycles. The van der Waals surface area contributed by atoms with Crippen LogP contribution in [0.25, 0.3) is 0 Å². The fourth-order valence-corrected chi connectivity index (χ4v) is 2.70. The van der Waals surface area contributed by atoms with Gasteiger partial charge in [0.1, 0.15) is 0 Å². The van der Waals surface area contributed by atoms with E-state index in [0.29, 0.717) is 41.1 Å². The Bertz CT molecular complexity index is 760. The lowest BCUT2D eigenvalue weighted by molar-refractivity contribution is 0.102. The molecule has 1 aromatic heterocycles. The molecule has 126 valence electrons. The molecule has 1 aliphatic heterocycles. The van der Waals surface area contributed by atoms with Crippen LogP contribution >= 0.6 is 11.6 Å². The van der Waals surface area contributed by atoms with Gasteiger partial charge in [-0.25, -0.2) is 9.97 Å². The summed E-state index contributed by atoms with van der Waals surface area (Å²) in [5.74, 6) is 0.387. The monoisotopic (exact) mass is 346 g/mol. The zero-order valence-electron chi connectivity index (χ0n) is 13.7. The van der Waals surface area contributed by atoms with Crippen LogP contribution in [0.15, 0.2) is 24.4 Å². The van der Waals surface area contributed by atoms with E-state index < -0.39 is 0 Å². The Morgan fingerprint density at radius 2 is 2.04 bits per heavy atom. The number of morpholine rings is 1. The average molecular weight is 347 g/mol. The number of ether oxygens (including phenoxy) is 1. The van der Waals surface area contributed by atoms with Crippen LogP contribution in [-0.4, -0.2) is 42.2 Å². The van der Waals surface area contributed by atoms with Crippen molar-refractivity contribution >= 4 is 29.1 Å². The maximum atomic E-state index is 12.5. The van der Waals surface area contributed by atoms with E-state index in [0.717, 1.165) is 18.7 Å². The number of anilines is 2. The van der Waals surface area contributed by atoms with Crippen molar-refractivity contribution in [3.63, 3.8) is 0 Å². The molecule has 2 aromatic rings. The fourth-order valence-electron chi connectivity index (χ4n) is 2.53. The maximum Gasteiger partial charge on any atom is 0.259 e. The third-order valence-electron chi connectivity index (χ3n) is 4.02. The Kier molecular flexibility index (Phi) is 4.97. The van der Waals surface area contributed by atoms with Gasteiger partial charge in [-0.1, -0.05) is 17.7 Å². The molecule has 1 fully saturated rings. The van der Waals surface area contributed by atoms with E-state index in [-0.39, 0.29) is 5.91 Å². The van der Waals surface area contributed by atoms with Crippen LogP contribution in [0, 0.1) is 13.8 Å². The predicted molar refractivity (Wildman–Crippen MR) is 93.9 cm³/mol. The molecule has 1 aliphatic rings. The minimum Gasteiger partial charge on any atom is -0.378 e. The SMILES string of the molecule is Cc1nc(N2CCOCC2)ncc1C(=O)Nc1cccc(Cl)c1C. The molecule has 7 heteroatoms. The highest BCUT2D eigenvalue weighted by Crippen LogP contribution is 2.23. The van der Waals surface area contributed by atoms with Crippen LogP contribution in [0.5, 0.6) is 0 Å². The molecule has 1 saturated heterocycles. The smallest absolute Gasteiger partial charge is 0.259 e. The Morgan fingerprint density at radius 1 is 1.29 bits per heavy atom. The Labute approximate surface area is 145 Å². The summed E-state index contributed by atoms with van der Waals surface area (Å²) >= 11 is 6.09.